The van der Waals surface area contributed by atoms with Gasteiger partial charge in [0.25, 0.3) is 0 Å². The molecule has 0 aromatic carbocycles. The number of carbonyl (C=O) groups excluding carboxylic acids is 2. The summed E-state index contributed by atoms with van der Waals surface area (Å²) in [5, 5.41) is 20.9. The monoisotopic (exact) mass is 1060 g/mol. The molecule has 20 heteroatoms. The Hall–Kier alpha value is -3.54. The summed E-state index contributed by atoms with van der Waals surface area (Å²) in [6.45, 7) is 2.07. The SMILES string of the molecule is CCCCC/C=C\C/C=C\C/C=C\C/C=C\C/C=C\CCC(=O)OC[C@H](COP(=O)(O)OP(=O)(O)OC[C@H]1O[C@@H](n2ccc(N)nc2=O)C(O)[C@H]1O)OC(=O)CCCCCCCCCCCCCCCCC. The molecule has 1 fully saturated rings. The zero-order valence-electron chi connectivity index (χ0n) is 43.0. The van der Waals surface area contributed by atoms with Gasteiger partial charge in [0.15, 0.2) is 12.3 Å². The van der Waals surface area contributed by atoms with Gasteiger partial charge >= 0.3 is 33.3 Å². The molecule has 2 rings (SSSR count). The van der Waals surface area contributed by atoms with E-state index in [4.69, 9.17) is 29.0 Å². The van der Waals surface area contributed by atoms with E-state index in [0.29, 0.717) is 19.3 Å². The van der Waals surface area contributed by atoms with Crippen molar-refractivity contribution < 1.29 is 66.3 Å². The highest BCUT2D eigenvalue weighted by Gasteiger charge is 2.46. The smallest absolute Gasteiger partial charge is 0.462 e. The number of aromatic nitrogens is 2. The Balaban J connectivity index is 1.82. The highest BCUT2D eigenvalue weighted by Crippen LogP contribution is 2.60. The lowest BCUT2D eigenvalue weighted by Gasteiger charge is -2.21. The molecular formula is C52H87N3O15P2. The van der Waals surface area contributed by atoms with Crippen molar-refractivity contribution in [3.8, 4) is 0 Å². The van der Waals surface area contributed by atoms with Crippen LogP contribution in [0.25, 0.3) is 0 Å². The number of rotatable bonds is 43. The van der Waals surface area contributed by atoms with Crippen molar-refractivity contribution in [1.82, 2.24) is 9.55 Å². The summed E-state index contributed by atoms with van der Waals surface area (Å²) in [7, 11) is -10.9. The molecule has 0 radical (unpaired) electrons. The van der Waals surface area contributed by atoms with Crippen LogP contribution in [0.15, 0.2) is 77.8 Å². The van der Waals surface area contributed by atoms with Crippen LogP contribution in [0.1, 0.15) is 187 Å². The molecule has 0 spiro atoms. The van der Waals surface area contributed by atoms with Crippen molar-refractivity contribution in [3.63, 3.8) is 0 Å². The van der Waals surface area contributed by atoms with Crippen LogP contribution in [0.3, 0.4) is 0 Å². The number of phosphoric acid groups is 2. The van der Waals surface area contributed by atoms with Gasteiger partial charge in [0.05, 0.1) is 13.2 Å². The Kier molecular flexibility index (Phi) is 35.7. The first-order valence-electron chi connectivity index (χ1n) is 26.3. The first-order valence-corrected chi connectivity index (χ1v) is 29.3. The average molecular weight is 1060 g/mol. The van der Waals surface area contributed by atoms with Gasteiger partial charge in [-0.2, -0.15) is 9.29 Å². The maximum atomic E-state index is 12.9. The molecule has 1 aromatic rings. The molecule has 0 bridgehead atoms. The van der Waals surface area contributed by atoms with E-state index in [0.717, 1.165) is 62.1 Å². The highest BCUT2D eigenvalue weighted by atomic mass is 31.3. The van der Waals surface area contributed by atoms with Crippen LogP contribution in [-0.2, 0) is 46.3 Å². The second kappa shape index (κ2) is 39.9. The number of nitrogen functional groups attached to an aromatic ring is 1. The quantitative estimate of drug-likeness (QED) is 0.0176. The van der Waals surface area contributed by atoms with E-state index in [2.05, 4.69) is 65.7 Å². The van der Waals surface area contributed by atoms with Crippen molar-refractivity contribution in [2.24, 2.45) is 0 Å². The fourth-order valence-electron chi connectivity index (χ4n) is 7.53. The van der Waals surface area contributed by atoms with Gasteiger partial charge in [-0.1, -0.05) is 177 Å². The normalized spacial score (nSPS) is 19.5. The molecule has 1 aliphatic rings. The maximum absolute atomic E-state index is 12.9. The summed E-state index contributed by atoms with van der Waals surface area (Å²) in [4.78, 5) is 61.9. The lowest BCUT2D eigenvalue weighted by Crippen LogP contribution is -2.36. The average Bonchev–Trinajstić information content (AvgIpc) is 3.62. The van der Waals surface area contributed by atoms with Gasteiger partial charge in [0.1, 0.15) is 30.7 Å². The van der Waals surface area contributed by atoms with Gasteiger partial charge in [-0.15, -0.1) is 0 Å². The van der Waals surface area contributed by atoms with Crippen molar-refractivity contribution in [1.29, 1.82) is 0 Å². The van der Waals surface area contributed by atoms with Gasteiger partial charge < -0.3 is 39.9 Å². The molecule has 1 aromatic heterocycles. The zero-order chi connectivity index (χ0) is 52.7. The van der Waals surface area contributed by atoms with Gasteiger partial charge in [-0.25, -0.2) is 13.9 Å². The number of aliphatic hydroxyl groups is 2. The van der Waals surface area contributed by atoms with Gasteiger partial charge in [-0.3, -0.25) is 23.2 Å². The number of carbonyl (C=O) groups is 2. The minimum atomic E-state index is -5.44. The molecular weight excluding hydrogens is 969 g/mol. The van der Waals surface area contributed by atoms with E-state index in [1.165, 1.54) is 89.5 Å². The number of nitrogens with two attached hydrogens (primary N) is 1. The predicted molar refractivity (Wildman–Crippen MR) is 279 cm³/mol. The molecule has 410 valence electrons. The van der Waals surface area contributed by atoms with Gasteiger partial charge in [0, 0.05) is 19.0 Å². The first kappa shape index (κ1) is 64.6. The third-order valence-electron chi connectivity index (χ3n) is 11.6. The number of allylic oxidation sites excluding steroid dienone is 10. The number of phosphoric ester groups is 2. The number of unbranched alkanes of at least 4 members (excludes halogenated alkanes) is 17. The number of esters is 2. The Morgan fingerprint density at radius 2 is 1.15 bits per heavy atom. The van der Waals surface area contributed by atoms with E-state index in [1.54, 1.807) is 0 Å². The largest absolute Gasteiger partial charge is 0.481 e. The maximum Gasteiger partial charge on any atom is 0.481 e. The van der Waals surface area contributed by atoms with Crippen LogP contribution in [0.4, 0.5) is 5.82 Å². The van der Waals surface area contributed by atoms with Crippen LogP contribution < -0.4 is 11.4 Å². The lowest BCUT2D eigenvalue weighted by atomic mass is 10.0. The minimum absolute atomic E-state index is 0.00317. The van der Waals surface area contributed by atoms with Crippen LogP contribution >= 0.6 is 15.6 Å². The first-order chi connectivity index (χ1) is 34.7. The van der Waals surface area contributed by atoms with Crippen molar-refractivity contribution >= 4 is 33.4 Å². The molecule has 1 aliphatic heterocycles. The predicted octanol–water partition coefficient (Wildman–Crippen LogP) is 11.1. The molecule has 0 amide bonds. The summed E-state index contributed by atoms with van der Waals surface area (Å²) in [6.07, 6.45) is 40.2. The summed E-state index contributed by atoms with van der Waals surface area (Å²) in [5.74, 6) is -1.39. The van der Waals surface area contributed by atoms with E-state index >= 15 is 0 Å². The standard InChI is InChI=1S/C52H87N3O15P2/c1-3-5-7-9-11-13-15-17-19-20-21-22-24-25-27-29-31-33-35-37-47(56)65-41-44(68-48(57)38-36-34-32-30-28-26-23-18-16-14-12-10-8-6-4-2)42-66-71(61,62)70-72(63,64)67-43-45-49(58)50(59)51(69-45)55-40-39-46(53)54-52(55)60/h11,13,17,19,21-22,25,27,31,33,39-40,44-45,49-51,58-59H,3-10,12,14-16,18,20,23-24,26,28-30,32,34-38,41-43H2,1-2H3,(H,61,62)(H,63,64)(H2,53,54,60)/b13-11-,19-17-,22-21-,27-25-,33-31-/t44-,45-,49+,50?,51-/m1/s1. The topological polar surface area (TPSA) is 265 Å². The number of hydrogen-bond acceptors (Lipinski definition) is 15. The van der Waals surface area contributed by atoms with Gasteiger partial charge in [-0.05, 0) is 57.4 Å². The Labute approximate surface area is 428 Å². The second-order valence-corrected chi connectivity index (χ2v) is 21.1. The summed E-state index contributed by atoms with van der Waals surface area (Å²) in [6, 6.07) is 1.25. The van der Waals surface area contributed by atoms with E-state index < -0.39 is 83.7 Å². The zero-order valence-corrected chi connectivity index (χ0v) is 44.8. The molecule has 0 aliphatic carbocycles. The van der Waals surface area contributed by atoms with Crippen molar-refractivity contribution in [3.05, 3.63) is 83.5 Å². The number of anilines is 1. The fraction of sp³-hybridized carbons (Fsp3) is 0.692. The van der Waals surface area contributed by atoms with E-state index in [1.807, 2.05) is 18.2 Å². The summed E-state index contributed by atoms with van der Waals surface area (Å²) in [5.41, 5.74) is 4.59. The molecule has 2 heterocycles. The Morgan fingerprint density at radius 3 is 1.69 bits per heavy atom. The van der Waals surface area contributed by atoms with Crippen LogP contribution in [-0.4, -0.2) is 85.7 Å². The van der Waals surface area contributed by atoms with Crippen LogP contribution in [0, 0.1) is 0 Å². The number of aliphatic hydroxyl groups excluding tert-OH is 2. The highest BCUT2D eigenvalue weighted by molar-refractivity contribution is 7.61. The fourth-order valence-corrected chi connectivity index (χ4v) is 9.64. The van der Waals surface area contributed by atoms with E-state index in [-0.39, 0.29) is 18.7 Å². The van der Waals surface area contributed by atoms with Crippen LogP contribution in [0.5, 0.6) is 0 Å². The van der Waals surface area contributed by atoms with Gasteiger partial charge in [0.2, 0.25) is 0 Å². The lowest BCUT2D eigenvalue weighted by molar-refractivity contribution is -0.161. The summed E-state index contributed by atoms with van der Waals surface area (Å²) >= 11 is 0. The molecule has 3 unspecified atom stereocenters. The van der Waals surface area contributed by atoms with Crippen molar-refractivity contribution in [2.45, 2.75) is 211 Å². The summed E-state index contributed by atoms with van der Waals surface area (Å²) < 4.78 is 56.7. The number of hydrogen-bond donors (Lipinski definition) is 5. The minimum Gasteiger partial charge on any atom is -0.462 e. The van der Waals surface area contributed by atoms with Crippen molar-refractivity contribution in [2.75, 3.05) is 25.6 Å². The number of ether oxygens (including phenoxy) is 3. The molecule has 72 heavy (non-hydrogen) atoms. The van der Waals surface area contributed by atoms with E-state index in [9.17, 15) is 43.5 Å². The third kappa shape index (κ3) is 31.9. The van der Waals surface area contributed by atoms with Crippen LogP contribution in [0.2, 0.25) is 0 Å². The third-order valence-corrected chi connectivity index (χ3v) is 14.2. The number of nitrogens with zero attached hydrogens (tertiary/aromatic N) is 2. The second-order valence-electron chi connectivity index (χ2n) is 18.0. The molecule has 0 saturated carbocycles. The Morgan fingerprint density at radius 1 is 0.667 bits per heavy atom. The Bertz CT molecular complexity index is 1940. The molecule has 18 nitrogen and oxygen atoms in total. The molecule has 7 atom stereocenters. The molecule has 6 N–H and O–H groups in total. The molecule has 1 saturated heterocycles.